The van der Waals surface area contributed by atoms with E-state index in [-0.39, 0.29) is 0 Å². The van der Waals surface area contributed by atoms with E-state index in [1.54, 1.807) is 0 Å². The number of hydrogen-bond donors (Lipinski definition) is 1. The summed E-state index contributed by atoms with van der Waals surface area (Å²) in [6.45, 7) is 6.65. The maximum absolute atomic E-state index is 3.86. The van der Waals surface area contributed by atoms with Gasteiger partial charge in [-0.2, -0.15) is 0 Å². The minimum Gasteiger partial charge on any atom is -0.346 e. The first-order valence-corrected chi connectivity index (χ1v) is 7.84. The number of nitrogens with one attached hydrogen (secondary N) is 1. The first kappa shape index (κ1) is 13.2. The molecule has 1 aliphatic rings. The van der Waals surface area contributed by atoms with Crippen LogP contribution in [0.5, 0.6) is 0 Å². The molecule has 0 aliphatic carbocycles. The lowest BCUT2D eigenvalue weighted by Gasteiger charge is -2.24. The zero-order valence-corrected chi connectivity index (χ0v) is 13.5. The highest BCUT2D eigenvalue weighted by atomic mass is 79.9. The minimum absolute atomic E-state index is 0.625. The van der Waals surface area contributed by atoms with Gasteiger partial charge >= 0.3 is 0 Å². The first-order valence-electron chi connectivity index (χ1n) is 7.05. The Morgan fingerprint density at radius 2 is 2.11 bits per heavy atom. The number of aromatic nitrogens is 1. The quantitative estimate of drug-likeness (QED) is 0.839. The summed E-state index contributed by atoms with van der Waals surface area (Å²) in [5.74, 6) is 0.625. The van der Waals surface area contributed by atoms with Gasteiger partial charge in [0.1, 0.15) is 0 Å². The van der Waals surface area contributed by atoms with Crippen molar-refractivity contribution in [3.05, 3.63) is 33.4 Å². The van der Waals surface area contributed by atoms with E-state index in [0.29, 0.717) is 5.92 Å². The molecule has 0 bridgehead atoms. The number of rotatable bonds is 1. The molecular weight excluding hydrogens is 300 g/mol. The van der Waals surface area contributed by atoms with Crippen LogP contribution >= 0.6 is 15.9 Å². The van der Waals surface area contributed by atoms with Crippen LogP contribution in [0.3, 0.4) is 0 Å². The molecule has 2 heterocycles. The zero-order chi connectivity index (χ0) is 13.6. The van der Waals surface area contributed by atoms with Crippen molar-refractivity contribution in [3.8, 4) is 0 Å². The monoisotopic (exact) mass is 320 g/mol. The van der Waals surface area contributed by atoms with E-state index >= 15 is 0 Å². The zero-order valence-electron chi connectivity index (χ0n) is 11.9. The predicted molar refractivity (Wildman–Crippen MR) is 84.9 cm³/mol. The molecule has 19 heavy (non-hydrogen) atoms. The molecule has 1 saturated heterocycles. The molecule has 0 amide bonds. The molecule has 102 valence electrons. The third-order valence-electron chi connectivity index (χ3n) is 4.29. The van der Waals surface area contributed by atoms with Gasteiger partial charge in [-0.3, -0.25) is 0 Å². The highest BCUT2D eigenvalue weighted by Gasteiger charge is 2.24. The van der Waals surface area contributed by atoms with Gasteiger partial charge in [0.2, 0.25) is 0 Å². The molecule has 3 heteroatoms. The molecule has 0 saturated carbocycles. The molecule has 1 fully saturated rings. The second kappa shape index (κ2) is 4.95. The van der Waals surface area contributed by atoms with Gasteiger partial charge in [-0.1, -0.05) is 11.6 Å². The normalized spacial score (nSPS) is 20.1. The van der Waals surface area contributed by atoms with Crippen molar-refractivity contribution in [2.24, 2.45) is 7.05 Å². The van der Waals surface area contributed by atoms with Gasteiger partial charge in [-0.25, -0.2) is 0 Å². The largest absolute Gasteiger partial charge is 0.346 e. The molecule has 1 unspecified atom stereocenters. The van der Waals surface area contributed by atoms with Crippen molar-refractivity contribution in [2.45, 2.75) is 32.6 Å². The fraction of sp³-hybridized carbons (Fsp3) is 0.500. The van der Waals surface area contributed by atoms with Crippen LogP contribution < -0.4 is 5.32 Å². The number of hydrogen-bond acceptors (Lipinski definition) is 1. The molecule has 1 aromatic carbocycles. The first-order chi connectivity index (χ1) is 9.09. The smallest absolute Gasteiger partial charge is 0.0521 e. The van der Waals surface area contributed by atoms with Crippen molar-refractivity contribution in [3.63, 3.8) is 0 Å². The van der Waals surface area contributed by atoms with Gasteiger partial charge in [0.15, 0.2) is 0 Å². The van der Waals surface area contributed by atoms with Gasteiger partial charge in [-0.05, 0) is 60.8 Å². The van der Waals surface area contributed by atoms with Crippen LogP contribution in [0.1, 0.15) is 35.6 Å². The Bertz CT molecular complexity index is 621. The Labute approximate surface area is 123 Å². The third-order valence-corrected chi connectivity index (χ3v) is 5.12. The molecule has 1 N–H and O–H groups in total. The van der Waals surface area contributed by atoms with Gasteiger partial charge in [-0.15, -0.1) is 0 Å². The predicted octanol–water partition coefficient (Wildman–Crippen LogP) is 4.02. The summed E-state index contributed by atoms with van der Waals surface area (Å²) in [5, 5.41) is 4.89. The van der Waals surface area contributed by atoms with Crippen LogP contribution in [-0.4, -0.2) is 17.7 Å². The standard InChI is InChI=1S/C16H21BrN2/c1-10-7-11(2)15-13(8-10)14(17)16(19(15)3)12-5-4-6-18-9-12/h7-8,12,18H,4-6,9H2,1-3H3. The number of fused-ring (bicyclic) bond motifs is 1. The van der Waals surface area contributed by atoms with Gasteiger partial charge < -0.3 is 9.88 Å². The molecule has 3 rings (SSSR count). The molecule has 1 atom stereocenters. The van der Waals surface area contributed by atoms with E-state index < -0.39 is 0 Å². The van der Waals surface area contributed by atoms with Crippen LogP contribution in [0.4, 0.5) is 0 Å². The number of benzene rings is 1. The van der Waals surface area contributed by atoms with Crippen molar-refractivity contribution < 1.29 is 0 Å². The lowest BCUT2D eigenvalue weighted by molar-refractivity contribution is 0.447. The number of halogens is 1. The number of piperidine rings is 1. The Hall–Kier alpha value is -0.800. The molecule has 2 aromatic rings. The highest BCUT2D eigenvalue weighted by molar-refractivity contribution is 9.10. The average molecular weight is 321 g/mol. The summed E-state index contributed by atoms with van der Waals surface area (Å²) in [6.07, 6.45) is 2.56. The molecule has 2 nitrogen and oxygen atoms in total. The summed E-state index contributed by atoms with van der Waals surface area (Å²) < 4.78 is 3.69. The van der Waals surface area contributed by atoms with Crippen LogP contribution in [0.15, 0.2) is 16.6 Å². The minimum atomic E-state index is 0.625. The number of nitrogens with zero attached hydrogens (tertiary/aromatic N) is 1. The van der Waals surface area contributed by atoms with E-state index in [9.17, 15) is 0 Å². The number of aryl methyl sites for hydroxylation is 3. The lowest BCUT2D eigenvalue weighted by atomic mass is 9.96. The molecular formula is C16H21BrN2. The molecule has 0 radical (unpaired) electrons. The Kier molecular flexibility index (Phi) is 3.44. The van der Waals surface area contributed by atoms with Crippen molar-refractivity contribution >= 4 is 26.8 Å². The average Bonchev–Trinajstić information content (AvgIpc) is 2.62. The fourth-order valence-corrected chi connectivity index (χ4v) is 4.41. The highest BCUT2D eigenvalue weighted by Crippen LogP contribution is 2.38. The summed E-state index contributed by atoms with van der Waals surface area (Å²) in [4.78, 5) is 0. The molecule has 0 spiro atoms. The lowest BCUT2D eigenvalue weighted by Crippen LogP contribution is -2.29. The maximum Gasteiger partial charge on any atom is 0.0521 e. The van der Waals surface area contributed by atoms with Crippen LogP contribution in [0.2, 0.25) is 0 Å². The molecule has 1 aliphatic heterocycles. The van der Waals surface area contributed by atoms with Crippen molar-refractivity contribution in [2.75, 3.05) is 13.1 Å². The Balaban J connectivity index is 2.22. The maximum atomic E-state index is 3.86. The Morgan fingerprint density at radius 1 is 1.32 bits per heavy atom. The summed E-state index contributed by atoms with van der Waals surface area (Å²) in [5.41, 5.74) is 5.53. The SMILES string of the molecule is Cc1cc(C)c2c(c1)c(Br)c(C1CCCNC1)n2C. The van der Waals surface area contributed by atoms with Crippen molar-refractivity contribution in [1.29, 1.82) is 0 Å². The summed E-state index contributed by atoms with van der Waals surface area (Å²) in [7, 11) is 2.21. The van der Waals surface area contributed by atoms with Gasteiger partial charge in [0, 0.05) is 35.1 Å². The van der Waals surface area contributed by atoms with Gasteiger partial charge in [0.25, 0.3) is 0 Å². The van der Waals surface area contributed by atoms with E-state index in [0.717, 1.165) is 13.1 Å². The van der Waals surface area contributed by atoms with E-state index in [1.807, 2.05) is 0 Å². The van der Waals surface area contributed by atoms with Crippen molar-refractivity contribution in [1.82, 2.24) is 9.88 Å². The van der Waals surface area contributed by atoms with E-state index in [1.165, 1.54) is 45.0 Å². The van der Waals surface area contributed by atoms with E-state index in [2.05, 4.69) is 58.8 Å². The van der Waals surface area contributed by atoms with Crippen LogP contribution in [0, 0.1) is 13.8 Å². The van der Waals surface area contributed by atoms with Crippen LogP contribution in [-0.2, 0) is 7.05 Å². The Morgan fingerprint density at radius 3 is 2.79 bits per heavy atom. The van der Waals surface area contributed by atoms with E-state index in [4.69, 9.17) is 0 Å². The van der Waals surface area contributed by atoms with Crippen LogP contribution in [0.25, 0.3) is 10.9 Å². The second-order valence-electron chi connectivity index (χ2n) is 5.78. The summed E-state index contributed by atoms with van der Waals surface area (Å²) >= 11 is 3.86. The summed E-state index contributed by atoms with van der Waals surface area (Å²) in [6, 6.07) is 4.57. The fourth-order valence-electron chi connectivity index (χ4n) is 3.52. The second-order valence-corrected chi connectivity index (χ2v) is 6.57. The molecule has 1 aromatic heterocycles. The van der Waals surface area contributed by atoms with Gasteiger partial charge in [0.05, 0.1) is 5.52 Å². The topological polar surface area (TPSA) is 17.0 Å². The third kappa shape index (κ3) is 2.13.